The van der Waals surface area contributed by atoms with Crippen LogP contribution in [0.4, 0.5) is 0 Å². The Morgan fingerprint density at radius 2 is 0.676 bits per heavy atom. The quantitative estimate of drug-likeness (QED) is 0.134. The Bertz CT molecular complexity index is 4620. The number of thioether (sulfide) groups is 2. The summed E-state index contributed by atoms with van der Waals surface area (Å²) in [5.74, 6) is 2.14. The molecule has 0 saturated heterocycles. The molecule has 744 valence electrons. The number of rotatable bonds is 8. The van der Waals surface area contributed by atoms with E-state index in [1.165, 1.54) is 27.7 Å². The van der Waals surface area contributed by atoms with Crippen LogP contribution in [0.5, 0.6) is 0 Å². The highest BCUT2D eigenvalue weighted by molar-refractivity contribution is 8.02. The Morgan fingerprint density at radius 3 is 0.971 bits per heavy atom. The van der Waals surface area contributed by atoms with Crippen molar-refractivity contribution in [3.05, 3.63) is 94.5 Å². The summed E-state index contributed by atoms with van der Waals surface area (Å²) in [4.78, 5) is 153. The molecule has 0 aromatic carbocycles. The Kier molecular flexibility index (Phi) is 25.4. The van der Waals surface area contributed by atoms with Crippen LogP contribution in [-0.2, 0) is 100 Å². The summed E-state index contributed by atoms with van der Waals surface area (Å²) in [6.07, 6.45) is 34.3. The molecule has 22 nitrogen and oxygen atoms in total. The molecule has 12 saturated carbocycles. The van der Waals surface area contributed by atoms with Gasteiger partial charge in [0.1, 0.15) is 78.1 Å². The monoisotopic (exact) mass is 1910 g/mol. The van der Waals surface area contributed by atoms with E-state index in [1.54, 1.807) is 36.1 Å². The van der Waals surface area contributed by atoms with Crippen molar-refractivity contribution in [1.82, 2.24) is 5.32 Å². The van der Waals surface area contributed by atoms with E-state index in [-0.39, 0.29) is 193 Å². The Morgan fingerprint density at radius 1 is 0.360 bits per heavy atom. The number of cyclic esters (lactones) is 4. The molecule has 12 aliphatic carbocycles. The van der Waals surface area contributed by atoms with Gasteiger partial charge in [0.05, 0.1) is 17.9 Å². The highest BCUT2D eigenvalue weighted by atomic mass is 32.2. The molecule has 20 aliphatic rings. The number of nitrogens with one attached hydrogen (secondary N) is 1. The van der Waals surface area contributed by atoms with Crippen LogP contribution in [0, 0.1) is 140 Å². The van der Waals surface area contributed by atoms with Crippen molar-refractivity contribution in [2.75, 3.05) is 24.7 Å². The van der Waals surface area contributed by atoms with Crippen molar-refractivity contribution in [3.63, 3.8) is 0 Å². The Balaban J connectivity index is 0.000000126. The van der Waals surface area contributed by atoms with Crippen LogP contribution in [0.1, 0.15) is 295 Å². The molecule has 32 atom stereocenters. The molecule has 0 amide bonds. The summed E-state index contributed by atoms with van der Waals surface area (Å²) in [6, 6.07) is -0.0249. The van der Waals surface area contributed by atoms with Gasteiger partial charge < -0.3 is 47.9 Å². The number of carbonyl (C=O) groups excluding carboxylic acids is 12. The largest absolute Gasteiger partial charge is 0.462 e. The highest BCUT2D eigenvalue weighted by Gasteiger charge is 2.77. The van der Waals surface area contributed by atoms with Crippen molar-refractivity contribution in [1.29, 1.82) is 0 Å². The molecule has 0 radical (unpaired) electrons. The Hall–Kier alpha value is -7.02. The highest BCUT2D eigenvalue weighted by Crippen LogP contribution is 2.78. The van der Waals surface area contributed by atoms with Gasteiger partial charge in [0.15, 0.2) is 0 Å². The van der Waals surface area contributed by atoms with Gasteiger partial charge in [-0.1, -0.05) is 181 Å². The average molecular weight is 1910 g/mol. The minimum absolute atomic E-state index is 0.0249. The summed E-state index contributed by atoms with van der Waals surface area (Å²) < 4.78 is 54.3. The maximum Gasteiger partial charge on any atom is 0.331 e. The first-order valence-electron chi connectivity index (χ1n) is 51.2. The van der Waals surface area contributed by atoms with E-state index in [9.17, 15) is 57.5 Å². The molecule has 0 aromatic heterocycles. The van der Waals surface area contributed by atoms with E-state index >= 15 is 0 Å². The first-order valence-corrected chi connectivity index (χ1v) is 53.3. The van der Waals surface area contributed by atoms with Crippen molar-refractivity contribution >= 4 is 94.4 Å². The molecule has 1 N–H and O–H groups in total. The van der Waals surface area contributed by atoms with Crippen LogP contribution in [0.2, 0.25) is 0 Å². The first kappa shape index (κ1) is 101. The second kappa shape index (κ2) is 34.4. The van der Waals surface area contributed by atoms with Gasteiger partial charge in [-0.2, -0.15) is 0 Å². The van der Waals surface area contributed by atoms with E-state index in [4.69, 9.17) is 42.6 Å². The van der Waals surface area contributed by atoms with Crippen LogP contribution in [0.25, 0.3) is 0 Å². The summed E-state index contributed by atoms with van der Waals surface area (Å²) in [5.41, 5.74) is -1.23. The van der Waals surface area contributed by atoms with E-state index < -0.39 is 60.9 Å². The number of fused-ring (bicyclic) bond motifs is 20. The normalized spacial score (nSPS) is 47.1. The number of hydrogen-bond acceptors (Lipinski definition) is 24. The third kappa shape index (κ3) is 15.1. The zero-order valence-corrected chi connectivity index (χ0v) is 87.0. The van der Waals surface area contributed by atoms with Crippen LogP contribution < -0.4 is 5.32 Å². The lowest BCUT2D eigenvalue weighted by Gasteiger charge is -2.68. The molecule has 12 unspecified atom stereocenters. The summed E-state index contributed by atoms with van der Waals surface area (Å²) >= 11 is 3.59. The van der Waals surface area contributed by atoms with Crippen LogP contribution >= 0.6 is 23.5 Å². The van der Waals surface area contributed by atoms with Crippen molar-refractivity contribution in [2.24, 2.45) is 140 Å². The van der Waals surface area contributed by atoms with Gasteiger partial charge in [-0.3, -0.25) is 38.4 Å². The maximum atomic E-state index is 13.0. The number of ketones is 4. The zero-order valence-electron chi connectivity index (χ0n) is 85.3. The number of hydrogen-bond donors (Lipinski definition) is 1. The standard InChI is InChI=1S/C28H39NO5.C28H38O6.2C28H38O5S/c1-16(30)33-22-14-19-25(2,3)21(31)10-12-26(19,4)18-9-11-27(5)20(28(18,22)6)15-23(32)34-24(27)17-8-7-13-29-17;1-16(29)33-22-14-19-25(2,3)21(30)10-12-26(19,4)18-9-11-27(5)20(28(18,22)6)15-23(31)34-24(27)17-8-7-13-32-17;1-16(29)32-22-13-19-25(2,3)21(30)8-11-26(19,4)18-7-10-27(5)20(28(18,22)6)14-23(31)33-24(27)17-9-12-34-15-17;1-16(29)32-22-14-19-25(2,3)21(30)10-12-26(19,4)18-9-11-27(5)20(28(18,22)6)15-23(31)33-24(27)17-8-7-13-34-17/h7-8,15,17-19,22,24,29H,9-14H2,1-6H3;7-8,15,17-19,22,24H,9-14H2,1-6H3;9,12,14,17-19,22,24H,7-8,10-11,13,15H2,1-6H3;7-8,15,17-19,22,24H,9-14H2,1-6H3/t4*17?,18?,19?,22-,24+,26-,27-,28-/m1111/s1. The predicted octanol–water partition coefficient (Wildman–Crippen LogP) is 19.5. The molecular formula is C112H153NO21S2. The Labute approximate surface area is 814 Å². The third-order valence-electron chi connectivity index (χ3n) is 42.3. The van der Waals surface area contributed by atoms with Gasteiger partial charge in [0.2, 0.25) is 0 Å². The van der Waals surface area contributed by atoms with Gasteiger partial charge >= 0.3 is 47.8 Å². The van der Waals surface area contributed by atoms with E-state index in [0.717, 1.165) is 117 Å². The fourth-order valence-corrected chi connectivity index (χ4v) is 37.8. The molecule has 0 spiro atoms. The second-order valence-corrected chi connectivity index (χ2v) is 52.3. The number of esters is 8. The van der Waals surface area contributed by atoms with Crippen molar-refractivity contribution in [2.45, 2.75) is 361 Å². The molecule has 0 aromatic rings. The minimum atomic E-state index is -0.527. The SMILES string of the molecule is CC(=O)O[C@@H]1CC2C(C)(C)C(=O)CC[C@]2(C)C2CC[C@]3(C)C(=CC(=O)O[C@H]3C3C=CCN3)[C@@]21C.CC(=O)O[C@@H]1CC2C(C)(C)C(=O)CC[C@]2(C)C2CC[C@]3(C)C(=CC(=O)O[C@H]3C3C=CCO3)[C@@]21C.CC(=O)O[C@@H]1CC2C(C)(C)C(=O)CC[C@]2(C)C2CC[C@]3(C)C(=CC(=O)O[C@H]3C3C=CCS3)[C@@]21C.CC(=O)O[C@@H]1CC2C(C)(C)C(=O)CC[C@]2(C)C2CC[C@]3(C)C(=CC(=O)O[C@H]3C3C=CSC3)[C@@]21C. The molecule has 20 rings (SSSR count). The van der Waals surface area contributed by atoms with Crippen LogP contribution in [-0.4, -0.2) is 162 Å². The first-order chi connectivity index (χ1) is 63.4. The molecular weight excluding hydrogens is 1760 g/mol. The van der Waals surface area contributed by atoms with E-state index in [0.29, 0.717) is 81.1 Å². The van der Waals surface area contributed by atoms with Gasteiger partial charge in [-0.15, -0.1) is 23.5 Å². The molecule has 12 fully saturated rings. The van der Waals surface area contributed by atoms with Gasteiger partial charge in [-0.05, 0) is 199 Å². The van der Waals surface area contributed by atoms with Crippen molar-refractivity contribution < 1.29 is 100 Å². The molecule has 8 aliphatic heterocycles. The molecule has 0 bridgehead atoms. The van der Waals surface area contributed by atoms with Crippen molar-refractivity contribution in [3.8, 4) is 0 Å². The topological polar surface area (TPSA) is 300 Å². The van der Waals surface area contributed by atoms with Gasteiger partial charge in [-0.25, -0.2) is 19.2 Å². The lowest BCUT2D eigenvalue weighted by atomic mass is 9.37. The zero-order chi connectivity index (χ0) is 98.7. The molecule has 136 heavy (non-hydrogen) atoms. The van der Waals surface area contributed by atoms with Gasteiger partial charge in [0.25, 0.3) is 0 Å². The summed E-state index contributed by atoms with van der Waals surface area (Å²) in [6.45, 7) is 50.9. The van der Waals surface area contributed by atoms with Crippen LogP contribution in [0.3, 0.4) is 0 Å². The fraction of sp³-hybridized carbons (Fsp3) is 0.750. The summed E-state index contributed by atoms with van der Waals surface area (Å²) in [5, 5.41) is 5.72. The van der Waals surface area contributed by atoms with Gasteiger partial charge in [0, 0.05) is 167 Å². The molecule has 24 heteroatoms. The predicted molar refractivity (Wildman–Crippen MR) is 517 cm³/mol. The number of Topliss-reactive ketones (excluding diaryl/α,β-unsaturated/α-hetero) is 4. The third-order valence-corrected chi connectivity index (χ3v) is 44.4. The van der Waals surface area contributed by atoms with Crippen LogP contribution in [0.15, 0.2) is 94.5 Å². The minimum Gasteiger partial charge on any atom is -0.462 e. The second-order valence-electron chi connectivity index (χ2n) is 50.1. The molecule has 8 heterocycles. The fourth-order valence-electron chi connectivity index (χ4n) is 35.7. The number of carbonyl (C=O) groups is 12. The smallest absolute Gasteiger partial charge is 0.331 e. The summed E-state index contributed by atoms with van der Waals surface area (Å²) in [7, 11) is 0. The lowest BCUT2D eigenvalue weighted by Crippen LogP contribution is -2.67. The average Bonchev–Trinajstić information content (AvgIpc) is 0.816. The van der Waals surface area contributed by atoms with E-state index in [2.05, 4.69) is 180 Å². The lowest BCUT2D eigenvalue weighted by molar-refractivity contribution is -0.213. The number of ether oxygens (including phenoxy) is 9. The maximum absolute atomic E-state index is 13.0. The van der Waals surface area contributed by atoms with E-state index in [1.807, 2.05) is 23.9 Å².